The summed E-state index contributed by atoms with van der Waals surface area (Å²) in [6, 6.07) is 1.94. The Morgan fingerprint density at radius 2 is 2.17 bits per heavy atom. The van der Waals surface area contributed by atoms with Gasteiger partial charge in [-0.05, 0) is 24.8 Å². The van der Waals surface area contributed by atoms with Gasteiger partial charge in [-0.1, -0.05) is 32.1 Å². The number of anilines is 1. The van der Waals surface area contributed by atoms with E-state index in [0.29, 0.717) is 25.3 Å². The van der Waals surface area contributed by atoms with Gasteiger partial charge in [0.25, 0.3) is 0 Å². The van der Waals surface area contributed by atoms with E-state index in [9.17, 15) is 4.79 Å². The molecule has 1 saturated heterocycles. The van der Waals surface area contributed by atoms with Gasteiger partial charge in [0.05, 0.1) is 18.7 Å². The van der Waals surface area contributed by atoms with Crippen LogP contribution < -0.4 is 5.73 Å². The maximum Gasteiger partial charge on any atom is 0.222 e. The molecule has 1 aromatic rings. The number of methoxy groups -OCH3 is 1. The SMILES string of the molecule is CO[C@@H]1C[C@@H](Cn2ccc(N)n2)N(C(=O)CCC2CCCCC2)C1. The van der Waals surface area contributed by atoms with Crippen molar-refractivity contribution < 1.29 is 9.53 Å². The Morgan fingerprint density at radius 3 is 2.83 bits per heavy atom. The van der Waals surface area contributed by atoms with Crippen molar-refractivity contribution in [2.45, 2.75) is 70.1 Å². The third-order valence-corrected chi connectivity index (χ3v) is 5.58. The number of hydrogen-bond acceptors (Lipinski definition) is 4. The highest BCUT2D eigenvalue weighted by molar-refractivity contribution is 5.77. The molecule has 1 aromatic heterocycles. The van der Waals surface area contributed by atoms with Crippen LogP contribution in [0.1, 0.15) is 51.4 Å². The van der Waals surface area contributed by atoms with E-state index in [4.69, 9.17) is 10.5 Å². The van der Waals surface area contributed by atoms with Gasteiger partial charge < -0.3 is 15.4 Å². The summed E-state index contributed by atoms with van der Waals surface area (Å²) >= 11 is 0. The minimum Gasteiger partial charge on any atom is -0.382 e. The van der Waals surface area contributed by atoms with Gasteiger partial charge >= 0.3 is 0 Å². The molecule has 1 saturated carbocycles. The fourth-order valence-electron chi connectivity index (χ4n) is 4.17. The summed E-state index contributed by atoms with van der Waals surface area (Å²) in [6.45, 7) is 1.38. The quantitative estimate of drug-likeness (QED) is 0.867. The molecule has 0 bridgehead atoms. The number of hydrogen-bond donors (Lipinski definition) is 1. The zero-order valence-electron chi connectivity index (χ0n) is 14.7. The maximum absolute atomic E-state index is 12.8. The largest absolute Gasteiger partial charge is 0.382 e. The number of nitrogen functional groups attached to an aromatic ring is 1. The number of likely N-dealkylation sites (tertiary alicyclic amines) is 1. The number of amides is 1. The summed E-state index contributed by atoms with van der Waals surface area (Å²) in [7, 11) is 1.73. The monoisotopic (exact) mass is 334 g/mol. The number of aromatic nitrogens is 2. The zero-order valence-corrected chi connectivity index (χ0v) is 14.7. The van der Waals surface area contributed by atoms with Gasteiger partial charge in [-0.15, -0.1) is 0 Å². The molecule has 0 spiro atoms. The first-order valence-electron chi connectivity index (χ1n) is 9.27. The highest BCUT2D eigenvalue weighted by atomic mass is 16.5. The van der Waals surface area contributed by atoms with Crippen LogP contribution in [0, 0.1) is 5.92 Å². The molecule has 2 aliphatic rings. The molecule has 3 rings (SSSR count). The first-order chi connectivity index (χ1) is 11.7. The van der Waals surface area contributed by atoms with Crippen molar-refractivity contribution in [2.24, 2.45) is 5.92 Å². The van der Waals surface area contributed by atoms with Crippen LogP contribution in [0.5, 0.6) is 0 Å². The Labute approximate surface area is 144 Å². The Balaban J connectivity index is 1.56. The van der Waals surface area contributed by atoms with Gasteiger partial charge in [0.15, 0.2) is 0 Å². The van der Waals surface area contributed by atoms with Crippen LogP contribution in [-0.2, 0) is 16.1 Å². The minimum absolute atomic E-state index is 0.126. The van der Waals surface area contributed by atoms with Crippen molar-refractivity contribution in [3.05, 3.63) is 12.3 Å². The van der Waals surface area contributed by atoms with Gasteiger partial charge in [0, 0.05) is 26.3 Å². The molecule has 1 aliphatic heterocycles. The Hall–Kier alpha value is -1.56. The lowest BCUT2D eigenvalue weighted by molar-refractivity contribution is -0.133. The second-order valence-corrected chi connectivity index (χ2v) is 7.30. The van der Waals surface area contributed by atoms with Crippen molar-refractivity contribution in [1.82, 2.24) is 14.7 Å². The molecule has 2 heterocycles. The number of carbonyl (C=O) groups excluding carboxylic acids is 1. The molecule has 6 heteroatoms. The van der Waals surface area contributed by atoms with Gasteiger partial charge in [0.1, 0.15) is 5.82 Å². The van der Waals surface area contributed by atoms with Crippen molar-refractivity contribution >= 4 is 11.7 Å². The fraction of sp³-hybridized carbons (Fsp3) is 0.778. The van der Waals surface area contributed by atoms with Crippen molar-refractivity contribution in [2.75, 3.05) is 19.4 Å². The van der Waals surface area contributed by atoms with E-state index in [0.717, 1.165) is 18.8 Å². The van der Waals surface area contributed by atoms with Crippen molar-refractivity contribution in [3.8, 4) is 0 Å². The van der Waals surface area contributed by atoms with E-state index in [1.807, 2.05) is 15.8 Å². The molecule has 134 valence electrons. The van der Waals surface area contributed by atoms with Gasteiger partial charge in [-0.2, -0.15) is 5.10 Å². The number of carbonyl (C=O) groups is 1. The van der Waals surface area contributed by atoms with Crippen LogP contribution in [-0.4, -0.2) is 46.4 Å². The Morgan fingerprint density at radius 1 is 1.38 bits per heavy atom. The zero-order chi connectivity index (χ0) is 16.9. The normalized spacial score (nSPS) is 25.3. The average molecular weight is 334 g/mol. The topological polar surface area (TPSA) is 73.4 Å². The summed E-state index contributed by atoms with van der Waals surface area (Å²) in [5.74, 6) is 1.53. The van der Waals surface area contributed by atoms with Crippen LogP contribution in [0.15, 0.2) is 12.3 Å². The third kappa shape index (κ3) is 4.29. The first-order valence-corrected chi connectivity index (χ1v) is 9.27. The van der Waals surface area contributed by atoms with Gasteiger partial charge in [-0.3, -0.25) is 9.48 Å². The second-order valence-electron chi connectivity index (χ2n) is 7.30. The lowest BCUT2D eigenvalue weighted by atomic mass is 9.86. The standard InChI is InChI=1S/C18H30N4O2/c1-24-16-11-15(12-21-10-9-17(19)20-21)22(13-16)18(23)8-7-14-5-3-2-4-6-14/h9-10,14-16H,2-8,11-13H2,1H3,(H2,19,20)/t15-,16+/m0/s1. The molecule has 0 aromatic carbocycles. The number of nitrogens with two attached hydrogens (primary N) is 1. The summed E-state index contributed by atoms with van der Waals surface area (Å²) in [5.41, 5.74) is 5.69. The second kappa shape index (κ2) is 8.01. The highest BCUT2D eigenvalue weighted by Crippen LogP contribution is 2.29. The molecule has 2 fully saturated rings. The van der Waals surface area contributed by atoms with E-state index in [1.165, 1.54) is 32.1 Å². The summed E-state index contributed by atoms with van der Waals surface area (Å²) in [6.07, 6.45) is 11.2. The van der Waals surface area contributed by atoms with E-state index in [-0.39, 0.29) is 18.1 Å². The minimum atomic E-state index is 0.126. The molecular formula is C18H30N4O2. The first kappa shape index (κ1) is 17.3. The van der Waals surface area contributed by atoms with Crippen LogP contribution in [0.4, 0.5) is 5.82 Å². The van der Waals surface area contributed by atoms with E-state index in [1.54, 1.807) is 13.2 Å². The summed E-state index contributed by atoms with van der Waals surface area (Å²) < 4.78 is 7.34. The Bertz CT molecular complexity index is 539. The molecule has 0 unspecified atom stereocenters. The fourth-order valence-corrected chi connectivity index (χ4v) is 4.17. The number of rotatable bonds is 6. The molecular weight excluding hydrogens is 304 g/mol. The molecule has 24 heavy (non-hydrogen) atoms. The summed E-state index contributed by atoms with van der Waals surface area (Å²) in [4.78, 5) is 14.8. The molecule has 2 atom stereocenters. The lowest BCUT2D eigenvalue weighted by Gasteiger charge is -2.26. The molecule has 2 N–H and O–H groups in total. The van der Waals surface area contributed by atoms with Gasteiger partial charge in [-0.25, -0.2) is 0 Å². The van der Waals surface area contributed by atoms with Crippen LogP contribution >= 0.6 is 0 Å². The average Bonchev–Trinajstić information content (AvgIpc) is 3.20. The third-order valence-electron chi connectivity index (χ3n) is 5.58. The van der Waals surface area contributed by atoms with Crippen LogP contribution in [0.2, 0.25) is 0 Å². The lowest BCUT2D eigenvalue weighted by Crippen LogP contribution is -2.38. The van der Waals surface area contributed by atoms with Crippen molar-refractivity contribution in [1.29, 1.82) is 0 Å². The number of nitrogens with zero attached hydrogens (tertiary/aromatic N) is 3. The smallest absolute Gasteiger partial charge is 0.222 e. The Kier molecular flexibility index (Phi) is 5.76. The van der Waals surface area contributed by atoms with E-state index >= 15 is 0 Å². The van der Waals surface area contributed by atoms with E-state index in [2.05, 4.69) is 5.10 Å². The van der Waals surface area contributed by atoms with E-state index < -0.39 is 0 Å². The summed E-state index contributed by atoms with van der Waals surface area (Å²) in [5, 5.41) is 4.25. The van der Waals surface area contributed by atoms with Gasteiger partial charge in [0.2, 0.25) is 5.91 Å². The number of ether oxygens (including phenoxy) is 1. The van der Waals surface area contributed by atoms with Crippen LogP contribution in [0.25, 0.3) is 0 Å². The maximum atomic E-state index is 12.8. The predicted molar refractivity (Wildman–Crippen MR) is 93.4 cm³/mol. The van der Waals surface area contributed by atoms with Crippen LogP contribution in [0.3, 0.4) is 0 Å². The molecule has 6 nitrogen and oxygen atoms in total. The predicted octanol–water partition coefficient (Wildman–Crippen LogP) is 2.44. The molecule has 0 radical (unpaired) electrons. The molecule has 1 amide bonds. The molecule has 1 aliphatic carbocycles. The highest BCUT2D eigenvalue weighted by Gasteiger charge is 2.35. The van der Waals surface area contributed by atoms with Crippen molar-refractivity contribution in [3.63, 3.8) is 0 Å².